The highest BCUT2D eigenvalue weighted by atomic mass is 79.9. The van der Waals surface area contributed by atoms with Gasteiger partial charge in [0.15, 0.2) is 5.78 Å². The van der Waals surface area contributed by atoms with E-state index in [-0.39, 0.29) is 16.9 Å². The van der Waals surface area contributed by atoms with Gasteiger partial charge in [-0.25, -0.2) is 8.78 Å². The topological polar surface area (TPSA) is 30.0 Å². The molecule has 0 N–H and O–H groups in total. The second-order valence-electron chi connectivity index (χ2n) is 3.61. The number of rotatable bonds is 3. The minimum atomic E-state index is -2.62. The highest BCUT2D eigenvalue weighted by Gasteiger charge is 2.16. The van der Waals surface area contributed by atoms with Crippen LogP contribution in [0.2, 0.25) is 0 Å². The lowest BCUT2D eigenvalue weighted by Crippen LogP contribution is -2.03. The van der Waals surface area contributed by atoms with Crippen molar-refractivity contribution in [1.29, 1.82) is 0 Å². The van der Waals surface area contributed by atoms with Crippen LogP contribution in [0.3, 0.4) is 0 Å². The minimum Gasteiger partial charge on any atom is -0.289 e. The third kappa shape index (κ3) is 2.61. The van der Waals surface area contributed by atoms with E-state index >= 15 is 0 Å². The molecule has 0 atom stereocenters. The summed E-state index contributed by atoms with van der Waals surface area (Å²) < 4.78 is 25.7. The van der Waals surface area contributed by atoms with Crippen molar-refractivity contribution in [2.75, 3.05) is 0 Å². The molecule has 0 aliphatic carbocycles. The molecular weight excluding hydrogens is 304 g/mol. The van der Waals surface area contributed by atoms with Crippen LogP contribution in [0.1, 0.15) is 27.9 Å². The number of hydrogen-bond donors (Lipinski definition) is 0. The second-order valence-corrected chi connectivity index (χ2v) is 4.46. The number of hydrogen-bond acceptors (Lipinski definition) is 2. The van der Waals surface area contributed by atoms with E-state index in [4.69, 9.17) is 0 Å². The molecule has 2 aromatic rings. The van der Waals surface area contributed by atoms with Gasteiger partial charge in [-0.2, -0.15) is 0 Å². The van der Waals surface area contributed by atoms with Crippen molar-refractivity contribution < 1.29 is 13.6 Å². The van der Waals surface area contributed by atoms with E-state index in [1.807, 2.05) is 0 Å². The van der Waals surface area contributed by atoms with Crippen LogP contribution in [0.5, 0.6) is 0 Å². The molecule has 0 amide bonds. The molecule has 2 nitrogen and oxygen atoms in total. The average molecular weight is 312 g/mol. The van der Waals surface area contributed by atoms with Crippen LogP contribution in [-0.2, 0) is 0 Å². The fourth-order valence-electron chi connectivity index (χ4n) is 1.52. The van der Waals surface area contributed by atoms with Crippen LogP contribution in [0.4, 0.5) is 8.78 Å². The van der Waals surface area contributed by atoms with E-state index in [2.05, 4.69) is 20.9 Å². The number of carbonyl (C=O) groups is 1. The summed E-state index contributed by atoms with van der Waals surface area (Å²) in [4.78, 5) is 15.9. The smallest absolute Gasteiger partial charge is 0.264 e. The third-order valence-corrected chi connectivity index (χ3v) is 3.14. The van der Waals surface area contributed by atoms with Gasteiger partial charge in [0.25, 0.3) is 6.43 Å². The zero-order valence-electron chi connectivity index (χ0n) is 9.11. The van der Waals surface area contributed by atoms with Crippen molar-refractivity contribution in [2.24, 2.45) is 0 Å². The van der Waals surface area contributed by atoms with Crippen LogP contribution in [0.25, 0.3) is 0 Å². The van der Waals surface area contributed by atoms with Crippen LogP contribution in [0.15, 0.2) is 47.2 Å². The minimum absolute atomic E-state index is 0.190. The molecule has 92 valence electrons. The molecule has 0 radical (unpaired) electrons. The predicted octanol–water partition coefficient (Wildman–Crippen LogP) is 4.01. The summed E-state index contributed by atoms with van der Waals surface area (Å²) in [5.41, 5.74) is 0.409. The molecule has 0 aliphatic rings. The first kappa shape index (κ1) is 12.8. The van der Waals surface area contributed by atoms with E-state index in [0.29, 0.717) is 10.0 Å². The van der Waals surface area contributed by atoms with Crippen LogP contribution < -0.4 is 0 Å². The Labute approximate surface area is 111 Å². The Hall–Kier alpha value is -1.62. The van der Waals surface area contributed by atoms with E-state index in [1.54, 1.807) is 18.3 Å². The van der Waals surface area contributed by atoms with Crippen molar-refractivity contribution >= 4 is 21.7 Å². The quantitative estimate of drug-likeness (QED) is 0.802. The van der Waals surface area contributed by atoms with Gasteiger partial charge in [0.05, 0.1) is 0 Å². The molecule has 5 heteroatoms. The Morgan fingerprint density at radius 1 is 1.22 bits per heavy atom. The molecule has 0 saturated carbocycles. The Morgan fingerprint density at radius 3 is 2.61 bits per heavy atom. The summed E-state index contributed by atoms with van der Waals surface area (Å²) in [7, 11) is 0. The van der Waals surface area contributed by atoms with Crippen molar-refractivity contribution in [3.63, 3.8) is 0 Å². The molecule has 0 bridgehead atoms. The maximum Gasteiger partial charge on any atom is 0.264 e. The lowest BCUT2D eigenvalue weighted by atomic mass is 10.0. The molecule has 2 rings (SSSR count). The van der Waals surface area contributed by atoms with Gasteiger partial charge in [-0.15, -0.1) is 0 Å². The molecule has 0 fully saturated rings. The molecule has 0 spiro atoms. The molecule has 18 heavy (non-hydrogen) atoms. The fraction of sp³-hybridized carbons (Fsp3) is 0.0769. The lowest BCUT2D eigenvalue weighted by molar-refractivity contribution is 0.103. The number of alkyl halides is 2. The highest BCUT2D eigenvalue weighted by Crippen LogP contribution is 2.28. The largest absolute Gasteiger partial charge is 0.289 e. The first-order chi connectivity index (χ1) is 8.59. The summed E-state index contributed by atoms with van der Waals surface area (Å²) in [5, 5.41) is 0. The van der Waals surface area contributed by atoms with Gasteiger partial charge < -0.3 is 0 Å². The molecule has 0 unspecified atom stereocenters. The molecule has 1 aromatic heterocycles. The SMILES string of the molecule is O=C(c1cccnc1)c1ccc(Br)c(C(F)F)c1. The summed E-state index contributed by atoms with van der Waals surface area (Å²) in [6, 6.07) is 7.38. The average Bonchev–Trinajstić information content (AvgIpc) is 2.39. The standard InChI is InChI=1S/C13H8BrF2NO/c14-11-4-3-8(6-10(11)13(15)16)12(18)9-2-1-5-17-7-9/h1-7,13H. The molecule has 1 heterocycles. The van der Waals surface area contributed by atoms with Crippen LogP contribution in [-0.4, -0.2) is 10.8 Å². The first-order valence-electron chi connectivity index (χ1n) is 5.12. The van der Waals surface area contributed by atoms with E-state index < -0.39 is 6.43 Å². The van der Waals surface area contributed by atoms with Gasteiger partial charge in [-0.05, 0) is 30.3 Å². The maximum absolute atomic E-state index is 12.7. The van der Waals surface area contributed by atoms with Crippen LogP contribution >= 0.6 is 15.9 Å². The number of nitrogens with zero attached hydrogens (tertiary/aromatic N) is 1. The number of ketones is 1. The van der Waals surface area contributed by atoms with Crippen molar-refractivity contribution in [3.05, 3.63) is 63.9 Å². The number of carbonyl (C=O) groups excluding carboxylic acids is 1. The third-order valence-electron chi connectivity index (χ3n) is 2.42. The number of halogens is 3. The van der Waals surface area contributed by atoms with Gasteiger partial charge in [0.2, 0.25) is 0 Å². The monoisotopic (exact) mass is 311 g/mol. The molecule has 0 saturated heterocycles. The van der Waals surface area contributed by atoms with Crippen molar-refractivity contribution in [2.45, 2.75) is 6.43 Å². The zero-order chi connectivity index (χ0) is 13.1. The van der Waals surface area contributed by atoms with E-state index in [1.165, 1.54) is 24.4 Å². The second kappa shape index (κ2) is 5.35. The summed E-state index contributed by atoms with van der Waals surface area (Å²) >= 11 is 3.03. The maximum atomic E-state index is 12.7. The zero-order valence-corrected chi connectivity index (χ0v) is 10.7. The highest BCUT2D eigenvalue weighted by molar-refractivity contribution is 9.10. The molecule has 0 aliphatic heterocycles. The number of benzene rings is 1. The number of aromatic nitrogens is 1. The van der Waals surface area contributed by atoms with Gasteiger partial charge in [0, 0.05) is 33.6 Å². The van der Waals surface area contributed by atoms with Crippen molar-refractivity contribution in [1.82, 2.24) is 4.98 Å². The Kier molecular flexibility index (Phi) is 3.81. The number of pyridine rings is 1. The van der Waals surface area contributed by atoms with Gasteiger partial charge in [0.1, 0.15) is 0 Å². The van der Waals surface area contributed by atoms with Gasteiger partial charge in [-0.1, -0.05) is 15.9 Å². The van der Waals surface area contributed by atoms with E-state index in [9.17, 15) is 13.6 Å². The van der Waals surface area contributed by atoms with Gasteiger partial charge in [-0.3, -0.25) is 9.78 Å². The van der Waals surface area contributed by atoms with Gasteiger partial charge >= 0.3 is 0 Å². The Bertz CT molecular complexity index is 572. The normalized spacial score (nSPS) is 10.7. The van der Waals surface area contributed by atoms with Crippen LogP contribution in [0, 0.1) is 0 Å². The summed E-state index contributed by atoms with van der Waals surface area (Å²) in [6.07, 6.45) is 0.330. The first-order valence-corrected chi connectivity index (χ1v) is 5.91. The predicted molar refractivity (Wildman–Crippen MR) is 66.8 cm³/mol. The molecule has 1 aromatic carbocycles. The summed E-state index contributed by atoms with van der Waals surface area (Å²) in [5.74, 6) is -0.322. The summed E-state index contributed by atoms with van der Waals surface area (Å²) in [6.45, 7) is 0. The fourth-order valence-corrected chi connectivity index (χ4v) is 1.94. The van der Waals surface area contributed by atoms with Crippen molar-refractivity contribution in [3.8, 4) is 0 Å². The Morgan fingerprint density at radius 2 is 2.00 bits per heavy atom. The lowest BCUT2D eigenvalue weighted by Gasteiger charge is -2.06. The molecular formula is C13H8BrF2NO. The Balaban J connectivity index is 2.41. The van der Waals surface area contributed by atoms with E-state index in [0.717, 1.165) is 0 Å².